The molecule has 3 heterocycles. The monoisotopic (exact) mass is 310 g/mol. The average Bonchev–Trinajstić information content (AvgIpc) is 3.06. The molecule has 0 fully saturated rings. The highest BCUT2D eigenvalue weighted by atomic mass is 16.5. The van der Waals surface area contributed by atoms with Crippen LogP contribution in [0.3, 0.4) is 0 Å². The van der Waals surface area contributed by atoms with Crippen LogP contribution in [0.4, 0.5) is 0 Å². The third-order valence-electron chi connectivity index (χ3n) is 4.00. The van der Waals surface area contributed by atoms with Crippen LogP contribution in [0.2, 0.25) is 0 Å². The van der Waals surface area contributed by atoms with Gasteiger partial charge >= 0.3 is 0 Å². The minimum absolute atomic E-state index is 0.112. The molecular formula is C17H18N4O2. The van der Waals surface area contributed by atoms with Gasteiger partial charge < -0.3 is 14.0 Å². The Kier molecular flexibility index (Phi) is 3.29. The van der Waals surface area contributed by atoms with E-state index in [0.29, 0.717) is 13.2 Å². The van der Waals surface area contributed by atoms with Crippen molar-refractivity contribution in [1.82, 2.24) is 19.3 Å². The summed E-state index contributed by atoms with van der Waals surface area (Å²) < 4.78 is 15.9. The van der Waals surface area contributed by atoms with Gasteiger partial charge in [-0.2, -0.15) is 5.10 Å². The number of hydrogen-bond acceptors (Lipinski definition) is 4. The number of benzene rings is 1. The van der Waals surface area contributed by atoms with Crippen molar-refractivity contribution in [2.24, 2.45) is 7.05 Å². The Bertz CT molecular complexity index is 822. The lowest BCUT2D eigenvalue weighted by atomic mass is 10.2. The van der Waals surface area contributed by atoms with E-state index >= 15 is 0 Å². The van der Waals surface area contributed by atoms with E-state index in [9.17, 15) is 0 Å². The maximum absolute atomic E-state index is 6.20. The van der Waals surface area contributed by atoms with Crippen molar-refractivity contribution in [3.05, 3.63) is 48.5 Å². The molecule has 23 heavy (non-hydrogen) atoms. The molecule has 1 aliphatic heterocycles. The Hall–Kier alpha value is -2.76. The zero-order valence-electron chi connectivity index (χ0n) is 13.1. The summed E-state index contributed by atoms with van der Waals surface area (Å²) in [5, 5.41) is 4.48. The van der Waals surface area contributed by atoms with Crippen LogP contribution in [-0.2, 0) is 13.6 Å². The fourth-order valence-electron chi connectivity index (χ4n) is 2.95. The number of fused-ring (bicyclic) bond motifs is 3. The molecule has 6 nitrogen and oxygen atoms in total. The molecule has 1 atom stereocenters. The van der Waals surface area contributed by atoms with Crippen LogP contribution < -0.4 is 9.47 Å². The van der Waals surface area contributed by atoms with E-state index in [-0.39, 0.29) is 6.10 Å². The first-order chi connectivity index (χ1) is 11.2. The van der Waals surface area contributed by atoms with Gasteiger partial charge in [0.25, 0.3) is 0 Å². The molecule has 0 radical (unpaired) electrons. The molecule has 2 aromatic heterocycles. The number of para-hydroxylation sites is 1. The number of ether oxygens (including phenoxy) is 2. The fraction of sp³-hybridized carbons (Fsp3) is 0.294. The molecule has 1 aliphatic rings. The van der Waals surface area contributed by atoms with Crippen molar-refractivity contribution in [2.75, 3.05) is 6.61 Å². The SMILES string of the molecule is Cc1nn(C)c2c1-c1cncn1CC(COc1ccccc1)O2. The molecule has 1 unspecified atom stereocenters. The van der Waals surface area contributed by atoms with E-state index in [0.717, 1.165) is 28.6 Å². The van der Waals surface area contributed by atoms with E-state index in [2.05, 4.69) is 14.6 Å². The number of rotatable bonds is 3. The maximum atomic E-state index is 6.20. The van der Waals surface area contributed by atoms with Crippen molar-refractivity contribution in [2.45, 2.75) is 19.6 Å². The summed E-state index contributed by atoms with van der Waals surface area (Å²) in [5.74, 6) is 1.61. The molecule has 6 heteroatoms. The van der Waals surface area contributed by atoms with Gasteiger partial charge in [0.05, 0.1) is 36.0 Å². The van der Waals surface area contributed by atoms with E-state index in [1.165, 1.54) is 0 Å². The predicted molar refractivity (Wildman–Crippen MR) is 85.5 cm³/mol. The zero-order valence-corrected chi connectivity index (χ0v) is 13.1. The molecule has 118 valence electrons. The number of aryl methyl sites for hydroxylation is 2. The highest BCUT2D eigenvalue weighted by Gasteiger charge is 2.27. The van der Waals surface area contributed by atoms with Crippen molar-refractivity contribution >= 4 is 0 Å². The van der Waals surface area contributed by atoms with Gasteiger partial charge in [-0.25, -0.2) is 9.67 Å². The van der Waals surface area contributed by atoms with Crippen LogP contribution in [0, 0.1) is 6.92 Å². The van der Waals surface area contributed by atoms with Crippen molar-refractivity contribution in [3.63, 3.8) is 0 Å². The van der Waals surface area contributed by atoms with Gasteiger partial charge in [0, 0.05) is 7.05 Å². The van der Waals surface area contributed by atoms with Crippen LogP contribution in [0.25, 0.3) is 11.3 Å². The lowest BCUT2D eigenvalue weighted by Gasteiger charge is -2.18. The number of imidazole rings is 1. The molecule has 0 aliphatic carbocycles. The van der Waals surface area contributed by atoms with Crippen LogP contribution in [-0.4, -0.2) is 32.0 Å². The third kappa shape index (κ3) is 2.46. The Balaban J connectivity index is 1.63. The maximum Gasteiger partial charge on any atom is 0.221 e. The van der Waals surface area contributed by atoms with Crippen molar-refractivity contribution in [1.29, 1.82) is 0 Å². The third-order valence-corrected chi connectivity index (χ3v) is 4.00. The first kappa shape index (κ1) is 13.9. The molecular weight excluding hydrogens is 292 g/mol. The summed E-state index contributed by atoms with van der Waals surface area (Å²) in [6.07, 6.45) is 3.58. The minimum atomic E-state index is -0.112. The highest BCUT2D eigenvalue weighted by molar-refractivity contribution is 5.68. The van der Waals surface area contributed by atoms with Crippen LogP contribution >= 0.6 is 0 Å². The first-order valence-electron chi connectivity index (χ1n) is 7.61. The van der Waals surface area contributed by atoms with Crippen LogP contribution in [0.15, 0.2) is 42.9 Å². The number of nitrogens with zero attached hydrogens (tertiary/aromatic N) is 4. The van der Waals surface area contributed by atoms with Gasteiger partial charge in [0.15, 0.2) is 6.10 Å². The first-order valence-corrected chi connectivity index (χ1v) is 7.61. The highest BCUT2D eigenvalue weighted by Crippen LogP contribution is 2.35. The molecule has 4 rings (SSSR count). The molecule has 0 saturated carbocycles. The van der Waals surface area contributed by atoms with E-state index in [1.807, 2.05) is 56.8 Å². The zero-order chi connectivity index (χ0) is 15.8. The van der Waals surface area contributed by atoms with Gasteiger partial charge in [0.2, 0.25) is 5.88 Å². The van der Waals surface area contributed by atoms with Gasteiger partial charge in [-0.3, -0.25) is 0 Å². The van der Waals surface area contributed by atoms with Crippen LogP contribution in [0.5, 0.6) is 11.6 Å². The van der Waals surface area contributed by atoms with E-state index in [4.69, 9.17) is 9.47 Å². The summed E-state index contributed by atoms with van der Waals surface area (Å²) in [5.41, 5.74) is 2.98. The smallest absolute Gasteiger partial charge is 0.221 e. The van der Waals surface area contributed by atoms with Gasteiger partial charge in [-0.15, -0.1) is 0 Å². The second-order valence-electron chi connectivity index (χ2n) is 5.68. The molecule has 0 amide bonds. The summed E-state index contributed by atoms with van der Waals surface area (Å²) >= 11 is 0. The largest absolute Gasteiger partial charge is 0.490 e. The lowest BCUT2D eigenvalue weighted by molar-refractivity contribution is 0.108. The van der Waals surface area contributed by atoms with E-state index in [1.54, 1.807) is 4.68 Å². The quantitative estimate of drug-likeness (QED) is 0.745. The Labute approximate surface area is 134 Å². The second kappa shape index (κ2) is 5.46. The molecule has 0 N–H and O–H groups in total. The van der Waals surface area contributed by atoms with Crippen LogP contribution in [0.1, 0.15) is 5.69 Å². The summed E-state index contributed by atoms with van der Waals surface area (Å²) in [6, 6.07) is 9.77. The normalized spacial score (nSPS) is 16.2. The van der Waals surface area contributed by atoms with Gasteiger partial charge in [-0.05, 0) is 19.1 Å². The predicted octanol–water partition coefficient (Wildman–Crippen LogP) is 2.43. The Morgan fingerprint density at radius 3 is 2.96 bits per heavy atom. The summed E-state index contributed by atoms with van der Waals surface area (Å²) in [4.78, 5) is 4.28. The molecule has 0 spiro atoms. The van der Waals surface area contributed by atoms with E-state index < -0.39 is 0 Å². The number of aromatic nitrogens is 4. The topological polar surface area (TPSA) is 54.1 Å². The minimum Gasteiger partial charge on any atom is -0.490 e. The molecule has 1 aromatic carbocycles. The summed E-state index contributed by atoms with van der Waals surface area (Å²) in [7, 11) is 1.90. The Morgan fingerprint density at radius 1 is 1.30 bits per heavy atom. The average molecular weight is 310 g/mol. The summed E-state index contributed by atoms with van der Waals surface area (Å²) in [6.45, 7) is 3.14. The molecule has 0 saturated heterocycles. The lowest BCUT2D eigenvalue weighted by Crippen LogP contribution is -2.29. The van der Waals surface area contributed by atoms with Crippen molar-refractivity contribution in [3.8, 4) is 22.9 Å². The fourth-order valence-corrected chi connectivity index (χ4v) is 2.95. The number of hydrogen-bond donors (Lipinski definition) is 0. The van der Waals surface area contributed by atoms with Gasteiger partial charge in [0.1, 0.15) is 12.4 Å². The molecule has 0 bridgehead atoms. The second-order valence-corrected chi connectivity index (χ2v) is 5.68. The molecule has 3 aromatic rings. The van der Waals surface area contributed by atoms with Crippen molar-refractivity contribution < 1.29 is 9.47 Å². The Morgan fingerprint density at radius 2 is 2.13 bits per heavy atom. The standard InChI is InChI=1S/C17H18N4O2/c1-12-16-15-8-18-11-21(15)9-14(23-17(16)20(2)19-12)10-22-13-6-4-3-5-7-13/h3-8,11,14H,9-10H2,1-2H3. The van der Waals surface area contributed by atoms with Gasteiger partial charge in [-0.1, -0.05) is 18.2 Å².